The van der Waals surface area contributed by atoms with E-state index in [1.54, 1.807) is 0 Å². The summed E-state index contributed by atoms with van der Waals surface area (Å²) in [4.78, 5) is 2.69. The highest BCUT2D eigenvalue weighted by atomic mass is 15.2. The van der Waals surface area contributed by atoms with Crippen molar-refractivity contribution in [3.63, 3.8) is 0 Å². The van der Waals surface area contributed by atoms with Gasteiger partial charge in [0.05, 0.1) is 0 Å². The van der Waals surface area contributed by atoms with Gasteiger partial charge in [0.25, 0.3) is 0 Å². The second-order valence-electron chi connectivity index (χ2n) is 7.17. The van der Waals surface area contributed by atoms with Gasteiger partial charge in [-0.25, -0.2) is 0 Å². The number of nitrogens with two attached hydrogens (primary N) is 1. The predicted octanol–water partition coefficient (Wildman–Crippen LogP) is 2.87. The monoisotopic (exact) mass is 238 g/mol. The van der Waals surface area contributed by atoms with E-state index < -0.39 is 0 Å². The van der Waals surface area contributed by atoms with Crippen LogP contribution in [0.25, 0.3) is 0 Å². The first-order valence-corrected chi connectivity index (χ1v) is 7.41. The first-order chi connectivity index (χ1) is 7.92. The molecule has 4 atom stereocenters. The topological polar surface area (TPSA) is 29.3 Å². The zero-order valence-corrected chi connectivity index (χ0v) is 12.1. The molecule has 0 aromatic heterocycles. The van der Waals surface area contributed by atoms with Crippen LogP contribution >= 0.6 is 0 Å². The minimum absolute atomic E-state index is 0.356. The van der Waals surface area contributed by atoms with E-state index in [1.807, 2.05) is 0 Å². The van der Waals surface area contributed by atoms with Crippen molar-refractivity contribution in [3.8, 4) is 0 Å². The molecule has 100 valence electrons. The lowest BCUT2D eigenvalue weighted by Crippen LogP contribution is -2.48. The standard InChI is InChI=1S/C15H30N2/c1-11-6-5-9-17(12(11)2)10-13-7-8-15(3,4)14(13)16/h11-14H,5-10,16H2,1-4H3. The average Bonchev–Trinajstić information content (AvgIpc) is 2.52. The van der Waals surface area contributed by atoms with Crippen molar-refractivity contribution in [2.75, 3.05) is 13.1 Å². The molecule has 0 bridgehead atoms. The Bertz CT molecular complexity index is 262. The van der Waals surface area contributed by atoms with Crippen LogP contribution in [0.5, 0.6) is 0 Å². The van der Waals surface area contributed by atoms with Gasteiger partial charge >= 0.3 is 0 Å². The molecule has 0 aromatic carbocycles. The summed E-state index contributed by atoms with van der Waals surface area (Å²) < 4.78 is 0. The minimum atomic E-state index is 0.356. The van der Waals surface area contributed by atoms with Crippen molar-refractivity contribution >= 4 is 0 Å². The summed E-state index contributed by atoms with van der Waals surface area (Å²) in [6.07, 6.45) is 5.40. The summed E-state index contributed by atoms with van der Waals surface area (Å²) in [7, 11) is 0. The quantitative estimate of drug-likeness (QED) is 0.801. The summed E-state index contributed by atoms with van der Waals surface area (Å²) in [5, 5.41) is 0. The fourth-order valence-electron chi connectivity index (χ4n) is 3.73. The predicted molar refractivity (Wildman–Crippen MR) is 73.9 cm³/mol. The molecule has 2 rings (SSSR count). The Labute approximate surface area is 107 Å². The summed E-state index contributed by atoms with van der Waals surface area (Å²) in [5.74, 6) is 1.58. The Morgan fingerprint density at radius 3 is 2.53 bits per heavy atom. The molecule has 17 heavy (non-hydrogen) atoms. The van der Waals surface area contributed by atoms with Gasteiger partial charge in [-0.05, 0) is 56.4 Å². The highest BCUT2D eigenvalue weighted by Gasteiger charge is 2.40. The van der Waals surface area contributed by atoms with Crippen molar-refractivity contribution in [1.82, 2.24) is 4.90 Å². The van der Waals surface area contributed by atoms with Crippen LogP contribution in [0.2, 0.25) is 0 Å². The zero-order valence-electron chi connectivity index (χ0n) is 12.1. The molecule has 1 aliphatic carbocycles. The molecule has 1 saturated carbocycles. The Hall–Kier alpha value is -0.0800. The lowest BCUT2D eigenvalue weighted by Gasteiger charge is -2.40. The maximum Gasteiger partial charge on any atom is 0.0131 e. The Kier molecular flexibility index (Phi) is 3.84. The molecule has 0 amide bonds. The van der Waals surface area contributed by atoms with Gasteiger partial charge in [0.1, 0.15) is 0 Å². The third kappa shape index (κ3) is 2.68. The largest absolute Gasteiger partial charge is 0.327 e. The molecule has 2 aliphatic rings. The number of piperidine rings is 1. The van der Waals surface area contributed by atoms with Gasteiger partial charge in [0.15, 0.2) is 0 Å². The van der Waals surface area contributed by atoms with E-state index in [0.29, 0.717) is 11.5 Å². The van der Waals surface area contributed by atoms with Crippen LogP contribution < -0.4 is 5.73 Å². The molecule has 1 aliphatic heterocycles. The Morgan fingerprint density at radius 1 is 1.24 bits per heavy atom. The lowest BCUT2D eigenvalue weighted by molar-refractivity contribution is 0.0896. The lowest BCUT2D eigenvalue weighted by atomic mass is 9.84. The van der Waals surface area contributed by atoms with E-state index in [9.17, 15) is 0 Å². The molecular weight excluding hydrogens is 208 g/mol. The maximum absolute atomic E-state index is 6.43. The molecule has 4 unspecified atom stereocenters. The van der Waals surface area contributed by atoms with Crippen LogP contribution in [0.4, 0.5) is 0 Å². The van der Waals surface area contributed by atoms with Crippen molar-refractivity contribution in [2.45, 2.75) is 65.5 Å². The molecule has 0 spiro atoms. The van der Waals surface area contributed by atoms with Crippen LogP contribution in [0.1, 0.15) is 53.4 Å². The van der Waals surface area contributed by atoms with Gasteiger partial charge in [-0.15, -0.1) is 0 Å². The van der Waals surface area contributed by atoms with E-state index in [0.717, 1.165) is 17.9 Å². The van der Waals surface area contributed by atoms with Crippen LogP contribution in [-0.2, 0) is 0 Å². The van der Waals surface area contributed by atoms with Gasteiger partial charge in [0, 0.05) is 18.6 Å². The number of rotatable bonds is 2. The van der Waals surface area contributed by atoms with E-state index >= 15 is 0 Å². The van der Waals surface area contributed by atoms with Gasteiger partial charge in [0.2, 0.25) is 0 Å². The second-order valence-corrected chi connectivity index (χ2v) is 7.17. The molecule has 2 N–H and O–H groups in total. The number of hydrogen-bond donors (Lipinski definition) is 1. The highest BCUT2D eigenvalue weighted by Crippen LogP contribution is 2.41. The Balaban J connectivity index is 1.93. The normalized spacial score (nSPS) is 42.9. The molecule has 0 radical (unpaired) electrons. The summed E-state index contributed by atoms with van der Waals surface area (Å²) in [5.41, 5.74) is 6.78. The van der Waals surface area contributed by atoms with E-state index in [1.165, 1.54) is 38.8 Å². The molecular formula is C15H30N2. The Morgan fingerprint density at radius 2 is 1.94 bits per heavy atom. The molecule has 1 heterocycles. The molecule has 2 heteroatoms. The molecule has 2 fully saturated rings. The molecule has 1 saturated heterocycles. The van der Waals surface area contributed by atoms with Gasteiger partial charge < -0.3 is 10.6 Å². The van der Waals surface area contributed by atoms with Gasteiger partial charge in [-0.1, -0.05) is 20.8 Å². The third-order valence-corrected chi connectivity index (χ3v) is 5.54. The first-order valence-electron chi connectivity index (χ1n) is 7.41. The fourth-order valence-corrected chi connectivity index (χ4v) is 3.73. The third-order valence-electron chi connectivity index (χ3n) is 5.54. The number of hydrogen-bond acceptors (Lipinski definition) is 2. The van der Waals surface area contributed by atoms with Crippen LogP contribution in [0, 0.1) is 17.3 Å². The fraction of sp³-hybridized carbons (Fsp3) is 1.00. The van der Waals surface area contributed by atoms with Crippen molar-refractivity contribution in [3.05, 3.63) is 0 Å². The second kappa shape index (κ2) is 4.89. The van der Waals surface area contributed by atoms with Crippen molar-refractivity contribution in [1.29, 1.82) is 0 Å². The van der Waals surface area contributed by atoms with Crippen molar-refractivity contribution < 1.29 is 0 Å². The van der Waals surface area contributed by atoms with Gasteiger partial charge in [-0.3, -0.25) is 0 Å². The number of nitrogens with zero attached hydrogens (tertiary/aromatic N) is 1. The SMILES string of the molecule is CC1CCCN(CC2CCC(C)(C)C2N)C1C. The zero-order chi connectivity index (χ0) is 12.6. The summed E-state index contributed by atoms with van der Waals surface area (Å²) in [6, 6.07) is 1.14. The van der Waals surface area contributed by atoms with Gasteiger partial charge in [-0.2, -0.15) is 0 Å². The highest BCUT2D eigenvalue weighted by molar-refractivity contribution is 4.96. The summed E-state index contributed by atoms with van der Waals surface area (Å²) >= 11 is 0. The average molecular weight is 238 g/mol. The summed E-state index contributed by atoms with van der Waals surface area (Å²) in [6.45, 7) is 12.0. The first kappa shape index (κ1) is 13.4. The smallest absolute Gasteiger partial charge is 0.0131 e. The van der Waals surface area contributed by atoms with Crippen LogP contribution in [0.15, 0.2) is 0 Å². The van der Waals surface area contributed by atoms with Crippen molar-refractivity contribution in [2.24, 2.45) is 23.0 Å². The van der Waals surface area contributed by atoms with E-state index in [-0.39, 0.29) is 0 Å². The van der Waals surface area contributed by atoms with E-state index in [4.69, 9.17) is 5.73 Å². The minimum Gasteiger partial charge on any atom is -0.327 e. The van der Waals surface area contributed by atoms with Crippen LogP contribution in [-0.4, -0.2) is 30.1 Å². The number of likely N-dealkylation sites (tertiary alicyclic amines) is 1. The van der Waals surface area contributed by atoms with Crippen LogP contribution in [0.3, 0.4) is 0 Å². The maximum atomic E-state index is 6.43. The van der Waals surface area contributed by atoms with E-state index in [2.05, 4.69) is 32.6 Å². The molecule has 2 nitrogen and oxygen atoms in total. The molecule has 0 aromatic rings.